The van der Waals surface area contributed by atoms with Crippen molar-refractivity contribution in [2.45, 2.75) is 333 Å². The molecule has 7 atom stereocenters. The van der Waals surface area contributed by atoms with Crippen molar-refractivity contribution in [3.8, 4) is 0 Å². The van der Waals surface area contributed by atoms with Gasteiger partial charge in [-0.15, -0.1) is 0 Å². The largest absolute Gasteiger partial charge is 0.466 e. The van der Waals surface area contributed by atoms with Gasteiger partial charge in [-0.25, -0.2) is 0 Å². The summed E-state index contributed by atoms with van der Waals surface area (Å²) in [6.07, 6.45) is 67.5. The molecule has 7 unspecified atom stereocenters. The molecule has 0 saturated carbocycles. The van der Waals surface area contributed by atoms with E-state index < -0.39 is 49.5 Å². The summed E-state index contributed by atoms with van der Waals surface area (Å²) in [5.74, 6) is -0.209. The maximum Gasteiger partial charge on any atom is 0.305 e. The summed E-state index contributed by atoms with van der Waals surface area (Å²) in [5, 5.41) is 54.3. The van der Waals surface area contributed by atoms with Crippen LogP contribution in [0.1, 0.15) is 290 Å². The van der Waals surface area contributed by atoms with Gasteiger partial charge in [0.15, 0.2) is 6.29 Å². The first kappa shape index (κ1) is 75.1. The number of allylic oxidation sites excluding steroid dienone is 11. The van der Waals surface area contributed by atoms with E-state index in [1.807, 2.05) is 6.08 Å². The van der Waals surface area contributed by atoms with E-state index in [1.165, 1.54) is 180 Å². The summed E-state index contributed by atoms with van der Waals surface area (Å²) in [7, 11) is 0. The molecule has 6 N–H and O–H groups in total. The van der Waals surface area contributed by atoms with Crippen LogP contribution < -0.4 is 5.32 Å². The minimum Gasteiger partial charge on any atom is -0.466 e. The number of aliphatic hydroxyl groups is 5. The molecule has 0 aromatic carbocycles. The molecule has 11 heteroatoms. The van der Waals surface area contributed by atoms with Gasteiger partial charge in [0.25, 0.3) is 0 Å². The van der Waals surface area contributed by atoms with Gasteiger partial charge < -0.3 is 45.1 Å². The number of esters is 1. The second-order valence-electron chi connectivity index (χ2n) is 22.8. The number of amides is 1. The second-order valence-corrected chi connectivity index (χ2v) is 22.8. The Hall–Kier alpha value is -2.90. The van der Waals surface area contributed by atoms with Crippen LogP contribution in [0.4, 0.5) is 0 Å². The van der Waals surface area contributed by atoms with E-state index in [0.29, 0.717) is 19.4 Å². The van der Waals surface area contributed by atoms with E-state index >= 15 is 0 Å². The number of ether oxygens (including phenoxy) is 3. The number of aliphatic hydroxyl groups excluding tert-OH is 5. The standard InChI is InChI=1S/C69H123NO10/c1-3-5-7-9-11-13-15-33-37-41-45-49-53-57-65(74)78-58-54-50-46-42-38-35-32-30-28-26-24-22-20-18-16-17-19-21-23-25-27-29-31-34-36-40-44-48-52-56-64(73)70-61(60-79-69-68(77)67(76)66(75)63(59-71)80-69)62(72)55-51-47-43-39-14-12-10-8-6-4-2/h7,9,13-16,18,22,24,39,51,55,61-63,66-69,71-72,75-77H,3-6,8,10-12,17,19-21,23,25-38,40-50,52-54,56-60H2,1-2H3,(H,70,73)/b9-7-,15-13-,18-16-,24-22-,39-14+,55-51+. The molecule has 1 amide bonds. The van der Waals surface area contributed by atoms with E-state index in [0.717, 1.165) is 83.5 Å². The van der Waals surface area contributed by atoms with E-state index in [1.54, 1.807) is 6.08 Å². The predicted molar refractivity (Wildman–Crippen MR) is 333 cm³/mol. The first-order chi connectivity index (χ1) is 39.2. The third-order valence-electron chi connectivity index (χ3n) is 15.2. The molecule has 0 aromatic rings. The van der Waals surface area contributed by atoms with Gasteiger partial charge in [-0.1, -0.05) is 247 Å². The number of carbonyl (C=O) groups is 2. The second kappa shape index (κ2) is 57.9. The molecule has 464 valence electrons. The van der Waals surface area contributed by atoms with Crippen LogP contribution in [0.15, 0.2) is 72.9 Å². The number of hydrogen-bond acceptors (Lipinski definition) is 10. The van der Waals surface area contributed by atoms with Gasteiger partial charge in [0, 0.05) is 12.8 Å². The molecule has 0 aliphatic carbocycles. The molecule has 0 bridgehead atoms. The van der Waals surface area contributed by atoms with Crippen molar-refractivity contribution < 1.29 is 49.3 Å². The molecule has 0 aromatic heterocycles. The highest BCUT2D eigenvalue weighted by atomic mass is 16.7. The lowest BCUT2D eigenvalue weighted by Crippen LogP contribution is -2.60. The minimum atomic E-state index is -1.58. The lowest BCUT2D eigenvalue weighted by atomic mass is 9.99. The van der Waals surface area contributed by atoms with Crippen LogP contribution in [0.3, 0.4) is 0 Å². The summed E-state index contributed by atoms with van der Waals surface area (Å²) in [6, 6.07) is -0.829. The first-order valence-electron chi connectivity index (χ1n) is 33.2. The number of carbonyl (C=O) groups excluding carboxylic acids is 2. The maximum absolute atomic E-state index is 13.0. The van der Waals surface area contributed by atoms with E-state index in [9.17, 15) is 35.1 Å². The van der Waals surface area contributed by atoms with Crippen LogP contribution in [-0.4, -0.2) is 100 Å². The normalized spacial score (nSPS) is 18.8. The van der Waals surface area contributed by atoms with E-state index in [4.69, 9.17) is 14.2 Å². The highest BCUT2D eigenvalue weighted by molar-refractivity contribution is 5.76. The van der Waals surface area contributed by atoms with Crippen LogP contribution in [0.2, 0.25) is 0 Å². The Morgan fingerprint density at radius 1 is 0.463 bits per heavy atom. The van der Waals surface area contributed by atoms with Gasteiger partial charge in [-0.3, -0.25) is 9.59 Å². The number of unbranched alkanes of at least 4 members (excludes halogenated alkanes) is 33. The zero-order valence-electron chi connectivity index (χ0n) is 51.3. The molecule has 0 radical (unpaired) electrons. The predicted octanol–water partition coefficient (Wildman–Crippen LogP) is 16.3. The summed E-state index contributed by atoms with van der Waals surface area (Å²) < 4.78 is 16.7. The van der Waals surface area contributed by atoms with Crippen LogP contribution >= 0.6 is 0 Å². The highest BCUT2D eigenvalue weighted by Gasteiger charge is 2.44. The van der Waals surface area contributed by atoms with Gasteiger partial charge in [0.1, 0.15) is 24.4 Å². The quantitative estimate of drug-likeness (QED) is 0.0195. The number of nitrogens with one attached hydrogen (secondary N) is 1. The van der Waals surface area contributed by atoms with Crippen LogP contribution in [0, 0.1) is 0 Å². The average Bonchev–Trinajstić information content (AvgIpc) is 3.46. The van der Waals surface area contributed by atoms with E-state index in [-0.39, 0.29) is 18.5 Å². The molecule has 0 spiro atoms. The average molecular weight is 1130 g/mol. The smallest absolute Gasteiger partial charge is 0.305 e. The molecule has 1 fully saturated rings. The Kier molecular flexibility index (Phi) is 54.4. The van der Waals surface area contributed by atoms with Gasteiger partial charge in [0.2, 0.25) is 5.91 Å². The van der Waals surface area contributed by atoms with Gasteiger partial charge in [0.05, 0.1) is 32.0 Å². The van der Waals surface area contributed by atoms with Crippen LogP contribution in [0.5, 0.6) is 0 Å². The van der Waals surface area contributed by atoms with Crippen LogP contribution in [-0.2, 0) is 23.8 Å². The third-order valence-corrected chi connectivity index (χ3v) is 15.2. The van der Waals surface area contributed by atoms with Gasteiger partial charge >= 0.3 is 5.97 Å². The Labute approximate surface area is 490 Å². The molecule has 1 heterocycles. The zero-order chi connectivity index (χ0) is 58.0. The third kappa shape index (κ3) is 46.6. The Balaban J connectivity index is 1.98. The summed E-state index contributed by atoms with van der Waals surface area (Å²) in [5.41, 5.74) is 0. The summed E-state index contributed by atoms with van der Waals surface area (Å²) in [6.45, 7) is 4.22. The van der Waals surface area contributed by atoms with Gasteiger partial charge in [-0.2, -0.15) is 0 Å². The van der Waals surface area contributed by atoms with Crippen molar-refractivity contribution in [2.75, 3.05) is 19.8 Å². The Morgan fingerprint density at radius 3 is 1.36 bits per heavy atom. The fourth-order valence-electron chi connectivity index (χ4n) is 9.99. The molecule has 80 heavy (non-hydrogen) atoms. The maximum atomic E-state index is 13.0. The van der Waals surface area contributed by atoms with E-state index in [2.05, 4.69) is 79.9 Å². The topological polar surface area (TPSA) is 175 Å². The number of rotatable bonds is 57. The SMILES string of the molecule is CCC/C=C\C/C=C\CCCCCCCC(=O)OCCCCCCCCCCC/C=C\C/C=C\CCCCCCCCCCCCCCCC(=O)NC(COC1OC(CO)C(O)C(O)C1O)C(O)/C=C/CC/C=C/CCCCCC. The monoisotopic (exact) mass is 1130 g/mol. The van der Waals surface area contributed by atoms with Gasteiger partial charge in [-0.05, 0) is 103 Å². The molecular weight excluding hydrogens is 1000 g/mol. The fourth-order valence-corrected chi connectivity index (χ4v) is 9.99. The molecular formula is C69H123NO10. The molecule has 1 saturated heterocycles. The lowest BCUT2D eigenvalue weighted by molar-refractivity contribution is -0.302. The summed E-state index contributed by atoms with van der Waals surface area (Å²) >= 11 is 0. The highest BCUT2D eigenvalue weighted by Crippen LogP contribution is 2.23. The zero-order valence-corrected chi connectivity index (χ0v) is 51.3. The summed E-state index contributed by atoms with van der Waals surface area (Å²) in [4.78, 5) is 25.0. The first-order valence-corrected chi connectivity index (χ1v) is 33.2. The van der Waals surface area contributed by atoms with Crippen molar-refractivity contribution in [3.63, 3.8) is 0 Å². The lowest BCUT2D eigenvalue weighted by Gasteiger charge is -2.40. The number of hydrogen-bond donors (Lipinski definition) is 6. The van der Waals surface area contributed by atoms with Crippen molar-refractivity contribution in [2.24, 2.45) is 0 Å². The van der Waals surface area contributed by atoms with Crippen LogP contribution in [0.25, 0.3) is 0 Å². The molecule has 1 rings (SSSR count). The molecule has 1 aliphatic rings. The molecule has 11 nitrogen and oxygen atoms in total. The molecule has 1 aliphatic heterocycles. The fraction of sp³-hybridized carbons (Fsp3) is 0.797. The van der Waals surface area contributed by atoms with Crippen molar-refractivity contribution >= 4 is 11.9 Å². The minimum absolute atomic E-state index is 0.0132. The van der Waals surface area contributed by atoms with Crippen molar-refractivity contribution in [1.82, 2.24) is 5.32 Å². The Bertz CT molecular complexity index is 1560. The Morgan fingerprint density at radius 2 is 0.875 bits per heavy atom. The van der Waals surface area contributed by atoms with Crippen molar-refractivity contribution in [3.05, 3.63) is 72.9 Å². The van der Waals surface area contributed by atoms with Crippen molar-refractivity contribution in [1.29, 1.82) is 0 Å².